The van der Waals surface area contributed by atoms with Gasteiger partial charge in [-0.15, -0.1) is 11.3 Å². The van der Waals surface area contributed by atoms with Crippen LogP contribution in [0.15, 0.2) is 35.4 Å². The number of hydrogen-bond acceptors (Lipinski definition) is 6. The van der Waals surface area contributed by atoms with Crippen LogP contribution in [0.25, 0.3) is 21.3 Å². The third-order valence-electron chi connectivity index (χ3n) is 7.35. The first-order valence-corrected chi connectivity index (χ1v) is 12.5. The highest BCUT2D eigenvalue weighted by atomic mass is 32.1. The molecule has 0 bridgehead atoms. The van der Waals surface area contributed by atoms with Gasteiger partial charge in [0.2, 0.25) is 0 Å². The SMILES string of the molecule is Cn1c(=O)[nH]c2ccc(CNC3CCC4(C3)CN(c3ncnc5sc(CC(F)(F)F)cc35)C4)cc21. The Morgan fingerprint density at radius 1 is 1.26 bits per heavy atom. The molecule has 1 spiro atoms. The number of aryl methyl sites for hydroxylation is 1. The Hall–Kier alpha value is -2.92. The van der Waals surface area contributed by atoms with Crippen LogP contribution in [-0.4, -0.2) is 44.8 Å². The van der Waals surface area contributed by atoms with E-state index in [4.69, 9.17) is 0 Å². The lowest BCUT2D eigenvalue weighted by Gasteiger charge is -2.49. The maximum absolute atomic E-state index is 12.8. The lowest BCUT2D eigenvalue weighted by molar-refractivity contribution is -0.126. The lowest BCUT2D eigenvalue weighted by Crippen LogP contribution is -2.56. The van der Waals surface area contributed by atoms with Crippen molar-refractivity contribution in [3.8, 4) is 0 Å². The highest BCUT2D eigenvalue weighted by molar-refractivity contribution is 7.18. The zero-order valence-corrected chi connectivity index (χ0v) is 20.0. The van der Waals surface area contributed by atoms with E-state index in [0.29, 0.717) is 16.3 Å². The van der Waals surface area contributed by atoms with Crippen molar-refractivity contribution >= 4 is 38.4 Å². The Morgan fingerprint density at radius 2 is 2.09 bits per heavy atom. The number of fused-ring (bicyclic) bond motifs is 2. The van der Waals surface area contributed by atoms with Crippen LogP contribution in [-0.2, 0) is 20.0 Å². The largest absolute Gasteiger partial charge is 0.393 e. The molecule has 1 saturated carbocycles. The van der Waals surface area contributed by atoms with Crippen LogP contribution < -0.4 is 15.9 Å². The average molecular weight is 503 g/mol. The predicted octanol–water partition coefficient (Wildman–Crippen LogP) is 4.12. The van der Waals surface area contributed by atoms with E-state index >= 15 is 0 Å². The van der Waals surface area contributed by atoms with Crippen molar-refractivity contribution < 1.29 is 13.2 Å². The molecule has 35 heavy (non-hydrogen) atoms. The minimum atomic E-state index is -4.23. The highest BCUT2D eigenvalue weighted by Gasteiger charge is 2.48. The number of thiophene rings is 1. The first kappa shape index (κ1) is 22.5. The van der Waals surface area contributed by atoms with Gasteiger partial charge in [0, 0.05) is 43.0 Å². The van der Waals surface area contributed by atoms with Gasteiger partial charge >= 0.3 is 11.9 Å². The fourth-order valence-corrected chi connectivity index (χ4v) is 6.67. The normalized spacial score (nSPS) is 19.8. The molecule has 1 unspecified atom stereocenters. The standard InChI is InChI=1S/C24H25F3N6OS/c1-32-19-6-14(2-3-18(19)31-22(32)34)10-28-15-4-5-23(8-15)11-33(12-23)20-17-7-16(9-24(25,26)27)35-21(17)30-13-29-20/h2-3,6-7,13,15,28H,4-5,8-12H2,1H3,(H,31,34). The number of nitrogens with zero attached hydrogens (tertiary/aromatic N) is 4. The van der Waals surface area contributed by atoms with Crippen molar-refractivity contribution in [2.24, 2.45) is 12.5 Å². The molecule has 1 aliphatic carbocycles. The van der Waals surface area contributed by atoms with Crippen molar-refractivity contribution in [1.82, 2.24) is 24.8 Å². The zero-order chi connectivity index (χ0) is 24.4. The van der Waals surface area contributed by atoms with E-state index in [9.17, 15) is 18.0 Å². The van der Waals surface area contributed by atoms with Crippen LogP contribution in [0.4, 0.5) is 19.0 Å². The maximum Gasteiger partial charge on any atom is 0.393 e. The number of imidazole rings is 1. The zero-order valence-electron chi connectivity index (χ0n) is 19.2. The molecule has 1 aromatic carbocycles. The van der Waals surface area contributed by atoms with Crippen LogP contribution in [0.1, 0.15) is 29.7 Å². The average Bonchev–Trinajstić information content (AvgIpc) is 3.46. The van der Waals surface area contributed by atoms with Gasteiger partial charge in [0.25, 0.3) is 0 Å². The van der Waals surface area contributed by atoms with E-state index < -0.39 is 12.6 Å². The van der Waals surface area contributed by atoms with Crippen LogP contribution in [0.5, 0.6) is 0 Å². The van der Waals surface area contributed by atoms with E-state index in [0.717, 1.165) is 72.6 Å². The summed E-state index contributed by atoms with van der Waals surface area (Å²) < 4.78 is 40.1. The molecule has 0 radical (unpaired) electrons. The highest BCUT2D eigenvalue weighted by Crippen LogP contribution is 2.48. The van der Waals surface area contributed by atoms with Gasteiger partial charge in [-0.1, -0.05) is 6.07 Å². The van der Waals surface area contributed by atoms with E-state index in [1.54, 1.807) is 17.7 Å². The summed E-state index contributed by atoms with van der Waals surface area (Å²) in [5.41, 5.74) is 2.98. The number of hydrogen-bond donors (Lipinski definition) is 2. The van der Waals surface area contributed by atoms with Crippen molar-refractivity contribution in [1.29, 1.82) is 0 Å². The van der Waals surface area contributed by atoms with Crippen LogP contribution in [0.2, 0.25) is 0 Å². The summed E-state index contributed by atoms with van der Waals surface area (Å²) in [4.78, 5) is 26.3. The molecule has 2 aliphatic rings. The molecule has 1 atom stereocenters. The molecule has 3 aromatic heterocycles. The number of H-pyrrole nitrogens is 1. The van der Waals surface area contributed by atoms with Crippen LogP contribution in [0.3, 0.4) is 0 Å². The van der Waals surface area contributed by atoms with Crippen LogP contribution in [0, 0.1) is 5.41 Å². The number of halogens is 3. The third kappa shape index (κ3) is 4.20. The summed E-state index contributed by atoms with van der Waals surface area (Å²) in [6.45, 7) is 2.46. The Morgan fingerprint density at radius 3 is 2.89 bits per heavy atom. The van der Waals surface area contributed by atoms with Gasteiger partial charge in [0.15, 0.2) is 0 Å². The van der Waals surface area contributed by atoms with Crippen molar-refractivity contribution in [3.05, 3.63) is 51.5 Å². The number of benzene rings is 1. The van der Waals surface area contributed by atoms with Gasteiger partial charge in [0.1, 0.15) is 17.0 Å². The molecule has 2 fully saturated rings. The quantitative estimate of drug-likeness (QED) is 0.429. The van der Waals surface area contributed by atoms with E-state index in [1.807, 2.05) is 18.2 Å². The number of nitrogens with one attached hydrogen (secondary N) is 2. The minimum Gasteiger partial charge on any atom is -0.355 e. The van der Waals surface area contributed by atoms with Gasteiger partial charge in [-0.05, 0) is 43.0 Å². The monoisotopic (exact) mass is 502 g/mol. The minimum absolute atomic E-state index is 0.114. The molecule has 4 aromatic rings. The van der Waals surface area contributed by atoms with E-state index in [1.165, 1.54) is 6.33 Å². The van der Waals surface area contributed by atoms with Crippen LogP contribution >= 0.6 is 11.3 Å². The summed E-state index contributed by atoms with van der Waals surface area (Å²) in [7, 11) is 1.76. The van der Waals surface area contributed by atoms with Crippen molar-refractivity contribution in [2.45, 2.75) is 44.4 Å². The summed E-state index contributed by atoms with van der Waals surface area (Å²) in [5, 5.41) is 4.39. The lowest BCUT2D eigenvalue weighted by atomic mass is 9.78. The van der Waals surface area contributed by atoms with E-state index in [2.05, 4.69) is 25.2 Å². The number of rotatable bonds is 5. The van der Waals surface area contributed by atoms with Gasteiger partial charge in [-0.2, -0.15) is 13.2 Å². The Balaban J connectivity index is 1.09. The number of aromatic nitrogens is 4. The summed E-state index contributed by atoms with van der Waals surface area (Å²) in [6.07, 6.45) is -0.447. The molecule has 7 nitrogen and oxygen atoms in total. The van der Waals surface area contributed by atoms with Crippen molar-refractivity contribution in [3.63, 3.8) is 0 Å². The molecule has 4 heterocycles. The fraction of sp³-hybridized carbons (Fsp3) is 0.458. The second-order valence-electron chi connectivity index (χ2n) is 9.94. The summed E-state index contributed by atoms with van der Waals surface area (Å²) in [5.74, 6) is 0.743. The number of alkyl halides is 3. The second-order valence-corrected chi connectivity index (χ2v) is 11.1. The second kappa shape index (κ2) is 8.06. The molecule has 0 amide bonds. The number of aromatic amines is 1. The Kier molecular flexibility index (Phi) is 5.19. The Labute approximate surface area is 203 Å². The van der Waals surface area contributed by atoms with Crippen molar-refractivity contribution in [2.75, 3.05) is 18.0 Å². The van der Waals surface area contributed by atoms with E-state index in [-0.39, 0.29) is 16.0 Å². The van der Waals surface area contributed by atoms with Gasteiger partial charge in [-0.25, -0.2) is 14.8 Å². The molecule has 184 valence electrons. The topological polar surface area (TPSA) is 78.8 Å². The summed E-state index contributed by atoms with van der Waals surface area (Å²) >= 11 is 1.09. The smallest absolute Gasteiger partial charge is 0.355 e. The molecular weight excluding hydrogens is 477 g/mol. The molecule has 11 heteroatoms. The molecule has 1 aliphatic heterocycles. The molecular formula is C24H25F3N6OS. The molecule has 6 rings (SSSR count). The van der Waals surface area contributed by atoms with Gasteiger partial charge in [-0.3, -0.25) is 4.57 Å². The first-order chi connectivity index (χ1) is 16.7. The maximum atomic E-state index is 12.8. The number of anilines is 1. The van der Waals surface area contributed by atoms with Gasteiger partial charge < -0.3 is 15.2 Å². The fourth-order valence-electron chi connectivity index (χ4n) is 5.65. The predicted molar refractivity (Wildman–Crippen MR) is 130 cm³/mol. The molecule has 2 N–H and O–H groups in total. The van der Waals surface area contributed by atoms with Gasteiger partial charge in [0.05, 0.1) is 22.8 Å². The molecule has 1 saturated heterocycles. The first-order valence-electron chi connectivity index (χ1n) is 11.6. The third-order valence-corrected chi connectivity index (χ3v) is 8.40. The Bertz CT molecular complexity index is 1470. The summed E-state index contributed by atoms with van der Waals surface area (Å²) in [6, 6.07) is 8.04.